The molecule has 1 aliphatic carbocycles. The number of carbonyl (C=O) groups excluding carboxylic acids is 1. The number of hydrogen-bond acceptors (Lipinski definition) is 6. The maximum Gasteiger partial charge on any atom is 0.258 e. The maximum atomic E-state index is 12.6. The Morgan fingerprint density at radius 2 is 2.08 bits per heavy atom. The minimum atomic E-state index is -3.43. The van der Waals surface area contributed by atoms with Crippen LogP contribution in [-0.4, -0.2) is 40.8 Å². The van der Waals surface area contributed by atoms with Gasteiger partial charge in [-0.3, -0.25) is 10.1 Å². The van der Waals surface area contributed by atoms with Gasteiger partial charge in [-0.2, -0.15) is 0 Å². The number of anilines is 1. The van der Waals surface area contributed by atoms with Crippen LogP contribution < -0.4 is 5.32 Å². The van der Waals surface area contributed by atoms with Crippen LogP contribution in [-0.2, 0) is 16.4 Å². The van der Waals surface area contributed by atoms with Crippen LogP contribution in [0.25, 0.3) is 0 Å². The molecule has 2 aromatic rings. The molecule has 1 amide bonds. The van der Waals surface area contributed by atoms with Crippen LogP contribution in [0.15, 0.2) is 17.0 Å². The minimum absolute atomic E-state index is 0.231. The van der Waals surface area contributed by atoms with Gasteiger partial charge in [0, 0.05) is 18.4 Å². The average molecular weight is 349 g/mol. The van der Waals surface area contributed by atoms with Crippen LogP contribution in [0.5, 0.6) is 0 Å². The Labute approximate surface area is 140 Å². The van der Waals surface area contributed by atoms with Crippen molar-refractivity contribution in [2.75, 3.05) is 11.6 Å². The van der Waals surface area contributed by atoms with Gasteiger partial charge in [-0.15, -0.1) is 0 Å². The molecular formula is C15H19N5O3S. The van der Waals surface area contributed by atoms with Crippen molar-refractivity contribution in [3.63, 3.8) is 0 Å². The zero-order chi connectivity index (χ0) is 17.5. The molecule has 9 heteroatoms. The van der Waals surface area contributed by atoms with Gasteiger partial charge in [0.2, 0.25) is 5.95 Å². The van der Waals surface area contributed by atoms with Crippen molar-refractivity contribution in [3.8, 4) is 0 Å². The fourth-order valence-corrected chi connectivity index (χ4v) is 4.17. The van der Waals surface area contributed by atoms with Crippen LogP contribution in [0.3, 0.4) is 0 Å². The summed E-state index contributed by atoms with van der Waals surface area (Å²) in [6, 6.07) is 3.42. The summed E-state index contributed by atoms with van der Waals surface area (Å²) < 4.78 is 25.9. The molecule has 0 radical (unpaired) electrons. The monoisotopic (exact) mass is 349 g/mol. The van der Waals surface area contributed by atoms with Gasteiger partial charge in [0.05, 0.1) is 4.90 Å². The predicted octanol–water partition coefficient (Wildman–Crippen LogP) is 1.53. The van der Waals surface area contributed by atoms with Gasteiger partial charge in [0.25, 0.3) is 5.91 Å². The van der Waals surface area contributed by atoms with Crippen molar-refractivity contribution in [2.24, 2.45) is 0 Å². The second-order valence-corrected chi connectivity index (χ2v) is 7.93. The first-order valence-electron chi connectivity index (χ1n) is 7.74. The van der Waals surface area contributed by atoms with E-state index in [0.29, 0.717) is 17.7 Å². The Morgan fingerprint density at radius 1 is 1.38 bits per heavy atom. The molecular weight excluding hydrogens is 330 g/mol. The lowest BCUT2D eigenvalue weighted by molar-refractivity contribution is 0.102. The predicted molar refractivity (Wildman–Crippen MR) is 87.7 cm³/mol. The number of aromatic nitrogens is 4. The van der Waals surface area contributed by atoms with Crippen LogP contribution in [0.4, 0.5) is 5.95 Å². The van der Waals surface area contributed by atoms with E-state index in [0.717, 1.165) is 18.4 Å². The summed E-state index contributed by atoms with van der Waals surface area (Å²) in [7, 11) is -3.43. The number of carbonyl (C=O) groups is 1. The van der Waals surface area contributed by atoms with Crippen molar-refractivity contribution in [1.29, 1.82) is 0 Å². The van der Waals surface area contributed by atoms with Crippen molar-refractivity contribution in [1.82, 2.24) is 20.2 Å². The van der Waals surface area contributed by atoms with Gasteiger partial charge in [-0.1, -0.05) is 11.2 Å². The number of nitrogens with one attached hydrogen (secondary N) is 1. The Kier molecular flexibility index (Phi) is 4.12. The molecule has 0 bridgehead atoms. The third-order valence-corrected chi connectivity index (χ3v) is 5.41. The number of rotatable bonds is 5. The van der Waals surface area contributed by atoms with Gasteiger partial charge in [0.15, 0.2) is 9.84 Å². The molecule has 0 saturated heterocycles. The van der Waals surface area contributed by atoms with Gasteiger partial charge in [-0.05, 0) is 60.2 Å². The van der Waals surface area contributed by atoms with Crippen molar-refractivity contribution < 1.29 is 13.2 Å². The number of benzene rings is 1. The molecule has 1 saturated carbocycles. The van der Waals surface area contributed by atoms with E-state index in [9.17, 15) is 13.2 Å². The molecule has 1 heterocycles. The molecule has 0 atom stereocenters. The molecule has 1 aliphatic rings. The van der Waals surface area contributed by atoms with E-state index in [-0.39, 0.29) is 16.8 Å². The normalized spacial score (nSPS) is 14.6. The molecule has 1 aromatic heterocycles. The minimum Gasteiger partial charge on any atom is -0.289 e. The summed E-state index contributed by atoms with van der Waals surface area (Å²) in [5.74, 6) is 0.0799. The Morgan fingerprint density at radius 3 is 2.67 bits per heavy atom. The first-order valence-corrected chi connectivity index (χ1v) is 9.63. The summed E-state index contributed by atoms with van der Waals surface area (Å²) in [6.45, 7) is 4.03. The number of tetrazole rings is 1. The van der Waals surface area contributed by atoms with E-state index in [2.05, 4.69) is 20.8 Å². The molecule has 8 nitrogen and oxygen atoms in total. The second kappa shape index (κ2) is 5.97. The lowest BCUT2D eigenvalue weighted by atomic mass is 10.0. The molecule has 0 unspecified atom stereocenters. The number of aryl methyl sites for hydroxylation is 1. The van der Waals surface area contributed by atoms with Gasteiger partial charge >= 0.3 is 0 Å². The SMILES string of the molecule is CCn1nnnc1NC(=O)c1ccc(C2CC2)c(S(C)(=O)=O)c1C. The second-order valence-electron chi connectivity index (χ2n) is 5.98. The number of amides is 1. The highest BCUT2D eigenvalue weighted by Gasteiger charge is 2.31. The fourth-order valence-electron chi connectivity index (χ4n) is 2.84. The lowest BCUT2D eigenvalue weighted by Crippen LogP contribution is -2.19. The van der Waals surface area contributed by atoms with Crippen molar-refractivity contribution in [2.45, 2.75) is 44.0 Å². The van der Waals surface area contributed by atoms with Crippen LogP contribution in [0.1, 0.15) is 47.2 Å². The number of sulfone groups is 1. The molecule has 1 aromatic carbocycles. The van der Waals surface area contributed by atoms with Gasteiger partial charge < -0.3 is 0 Å². The summed E-state index contributed by atoms with van der Waals surface area (Å²) in [5.41, 5.74) is 1.59. The number of nitrogens with zero attached hydrogens (tertiary/aromatic N) is 4. The quantitative estimate of drug-likeness (QED) is 0.877. The van der Waals surface area contributed by atoms with E-state index in [4.69, 9.17) is 0 Å². The highest BCUT2D eigenvalue weighted by Crippen LogP contribution is 2.44. The number of hydrogen-bond donors (Lipinski definition) is 1. The van der Waals surface area contributed by atoms with E-state index < -0.39 is 15.7 Å². The smallest absolute Gasteiger partial charge is 0.258 e. The standard InChI is InChI=1S/C15H19N5O3S/c1-4-20-15(17-18-19-20)16-14(21)11-7-8-12(10-5-6-10)13(9(11)2)24(3,22)23/h7-8,10H,4-6H2,1-3H3,(H,16,17,19,21). The van der Waals surface area contributed by atoms with E-state index >= 15 is 0 Å². The Balaban J connectivity index is 2.01. The maximum absolute atomic E-state index is 12.6. The molecule has 1 fully saturated rings. The lowest BCUT2D eigenvalue weighted by Gasteiger charge is -2.14. The zero-order valence-electron chi connectivity index (χ0n) is 13.8. The molecule has 24 heavy (non-hydrogen) atoms. The Hall–Kier alpha value is -2.29. The summed E-state index contributed by atoms with van der Waals surface area (Å²) in [5, 5.41) is 13.7. The topological polar surface area (TPSA) is 107 Å². The Bertz CT molecular complexity index is 900. The average Bonchev–Trinajstić information content (AvgIpc) is 3.25. The largest absolute Gasteiger partial charge is 0.289 e. The van der Waals surface area contributed by atoms with Gasteiger partial charge in [0.1, 0.15) is 0 Å². The third-order valence-electron chi connectivity index (χ3n) is 4.13. The molecule has 0 spiro atoms. The summed E-state index contributed by atoms with van der Waals surface area (Å²) in [4.78, 5) is 12.8. The first kappa shape index (κ1) is 16.6. The highest BCUT2D eigenvalue weighted by molar-refractivity contribution is 7.90. The van der Waals surface area contributed by atoms with Crippen molar-refractivity contribution >= 4 is 21.7 Å². The van der Waals surface area contributed by atoms with Crippen LogP contribution >= 0.6 is 0 Å². The van der Waals surface area contributed by atoms with Gasteiger partial charge in [-0.25, -0.2) is 13.1 Å². The summed E-state index contributed by atoms with van der Waals surface area (Å²) >= 11 is 0. The van der Waals surface area contributed by atoms with E-state index in [1.54, 1.807) is 19.1 Å². The van der Waals surface area contributed by atoms with E-state index in [1.807, 2.05) is 6.92 Å². The van der Waals surface area contributed by atoms with Crippen LogP contribution in [0.2, 0.25) is 0 Å². The summed E-state index contributed by atoms with van der Waals surface area (Å²) in [6.07, 6.45) is 3.15. The molecule has 1 N–H and O–H groups in total. The molecule has 128 valence electrons. The first-order chi connectivity index (χ1) is 11.3. The fraction of sp³-hybridized carbons (Fsp3) is 0.467. The molecule has 0 aliphatic heterocycles. The van der Waals surface area contributed by atoms with E-state index in [1.165, 1.54) is 10.9 Å². The van der Waals surface area contributed by atoms with Crippen LogP contribution in [0, 0.1) is 6.92 Å². The highest BCUT2D eigenvalue weighted by atomic mass is 32.2. The van der Waals surface area contributed by atoms with Crippen molar-refractivity contribution in [3.05, 3.63) is 28.8 Å². The molecule has 3 rings (SSSR count). The zero-order valence-corrected chi connectivity index (χ0v) is 14.6. The third kappa shape index (κ3) is 3.03.